The molecule has 110 valence electrons. The van der Waals surface area contributed by atoms with Crippen molar-refractivity contribution in [3.05, 3.63) is 24.3 Å². The number of hydrogen-bond donors (Lipinski definition) is 2. The highest BCUT2D eigenvalue weighted by Gasteiger charge is 2.28. The lowest BCUT2D eigenvalue weighted by Crippen LogP contribution is -2.37. The summed E-state index contributed by atoms with van der Waals surface area (Å²) in [6.07, 6.45) is 8.44. The fraction of sp³-hybridized carbons (Fsp3) is 0.562. The molecule has 0 bridgehead atoms. The maximum Gasteiger partial charge on any atom is 0.222 e. The van der Waals surface area contributed by atoms with E-state index >= 15 is 0 Å². The number of amides is 1. The molecular formula is C16H23NO3. The summed E-state index contributed by atoms with van der Waals surface area (Å²) < 4.78 is 0. The van der Waals surface area contributed by atoms with E-state index in [4.69, 9.17) is 10.2 Å². The van der Waals surface area contributed by atoms with Gasteiger partial charge in [0.1, 0.15) is 0 Å². The number of para-hydroxylation sites is 2. The summed E-state index contributed by atoms with van der Waals surface area (Å²) in [5.41, 5.74) is 0. The van der Waals surface area contributed by atoms with Gasteiger partial charge in [-0.25, -0.2) is 0 Å². The van der Waals surface area contributed by atoms with Gasteiger partial charge < -0.3 is 15.1 Å². The fourth-order valence-electron chi connectivity index (χ4n) is 2.91. The molecule has 3 rings (SSSR count). The van der Waals surface area contributed by atoms with E-state index in [9.17, 15) is 4.79 Å². The van der Waals surface area contributed by atoms with Crippen LogP contribution in [0, 0.1) is 0 Å². The van der Waals surface area contributed by atoms with Crippen molar-refractivity contribution in [3.8, 4) is 11.5 Å². The van der Waals surface area contributed by atoms with Crippen molar-refractivity contribution in [1.29, 1.82) is 0 Å². The number of benzene rings is 1. The topological polar surface area (TPSA) is 60.8 Å². The molecular weight excluding hydrogens is 254 g/mol. The second-order valence-corrected chi connectivity index (χ2v) is 5.47. The number of phenols is 2. The molecule has 1 aromatic carbocycles. The molecule has 1 aliphatic carbocycles. The zero-order chi connectivity index (χ0) is 14.4. The smallest absolute Gasteiger partial charge is 0.222 e. The molecule has 1 saturated carbocycles. The fourth-order valence-corrected chi connectivity index (χ4v) is 2.91. The Morgan fingerprint density at radius 2 is 1.55 bits per heavy atom. The van der Waals surface area contributed by atoms with Gasteiger partial charge in [0.15, 0.2) is 11.5 Å². The first kappa shape index (κ1) is 14.7. The summed E-state index contributed by atoms with van der Waals surface area (Å²) in [6, 6.07) is 6.75. The maximum atomic E-state index is 11.4. The second kappa shape index (κ2) is 7.17. The monoisotopic (exact) mass is 277 g/mol. The molecule has 1 aliphatic heterocycles. The zero-order valence-corrected chi connectivity index (χ0v) is 11.8. The van der Waals surface area contributed by atoms with Crippen molar-refractivity contribution in [2.45, 2.75) is 51.0 Å². The van der Waals surface area contributed by atoms with E-state index in [0.29, 0.717) is 11.9 Å². The molecule has 0 unspecified atom stereocenters. The average molecular weight is 277 g/mol. The predicted octanol–water partition coefficient (Wildman–Crippen LogP) is 3.04. The molecule has 0 spiro atoms. The quantitative estimate of drug-likeness (QED) is 0.776. The molecule has 2 fully saturated rings. The normalized spacial score (nSPS) is 19.6. The lowest BCUT2D eigenvalue weighted by Gasteiger charge is -2.30. The zero-order valence-electron chi connectivity index (χ0n) is 11.8. The number of rotatable bonds is 1. The Labute approximate surface area is 120 Å². The lowest BCUT2D eigenvalue weighted by atomic mass is 9.94. The van der Waals surface area contributed by atoms with Gasteiger partial charge in [-0.05, 0) is 31.4 Å². The van der Waals surface area contributed by atoms with Crippen LogP contribution in [0.2, 0.25) is 0 Å². The van der Waals surface area contributed by atoms with Crippen LogP contribution in [0.1, 0.15) is 44.9 Å². The number of carbonyl (C=O) groups excluding carboxylic acids is 1. The van der Waals surface area contributed by atoms with Crippen LogP contribution in [-0.2, 0) is 4.79 Å². The highest BCUT2D eigenvalue weighted by Crippen LogP contribution is 2.26. The number of phenolic OH excluding ortho intramolecular Hbond substituents is 2. The van der Waals surface area contributed by atoms with Crippen LogP contribution in [-0.4, -0.2) is 33.6 Å². The molecule has 0 radical (unpaired) electrons. The first-order chi connectivity index (χ1) is 9.68. The summed E-state index contributed by atoms with van der Waals surface area (Å²) in [5.74, 6) is 0.252. The van der Waals surface area contributed by atoms with Gasteiger partial charge in [0.05, 0.1) is 0 Å². The number of likely N-dealkylation sites (tertiary alicyclic amines) is 1. The lowest BCUT2D eigenvalue weighted by molar-refractivity contribution is -0.130. The minimum atomic E-state index is -0.0764. The average Bonchev–Trinajstić information content (AvgIpc) is 2.90. The van der Waals surface area contributed by atoms with Gasteiger partial charge >= 0.3 is 0 Å². The first-order valence-corrected chi connectivity index (χ1v) is 7.45. The molecule has 1 aromatic rings. The number of nitrogens with zero attached hydrogens (tertiary/aromatic N) is 1. The summed E-state index contributed by atoms with van der Waals surface area (Å²) in [5, 5.41) is 17.3. The van der Waals surface area contributed by atoms with Gasteiger partial charge in [-0.2, -0.15) is 0 Å². The molecule has 0 aromatic heterocycles. The largest absolute Gasteiger partial charge is 0.504 e. The van der Waals surface area contributed by atoms with Crippen molar-refractivity contribution in [2.24, 2.45) is 0 Å². The molecule has 2 N–H and O–H groups in total. The van der Waals surface area contributed by atoms with Crippen LogP contribution >= 0.6 is 0 Å². The highest BCUT2D eigenvalue weighted by atomic mass is 16.3. The van der Waals surface area contributed by atoms with E-state index in [1.54, 1.807) is 12.1 Å². The van der Waals surface area contributed by atoms with Crippen molar-refractivity contribution < 1.29 is 15.0 Å². The van der Waals surface area contributed by atoms with E-state index in [2.05, 4.69) is 4.90 Å². The van der Waals surface area contributed by atoms with Crippen molar-refractivity contribution in [3.63, 3.8) is 0 Å². The van der Waals surface area contributed by atoms with E-state index < -0.39 is 0 Å². The summed E-state index contributed by atoms with van der Waals surface area (Å²) in [4.78, 5) is 13.5. The Bertz CT molecular complexity index is 420. The van der Waals surface area contributed by atoms with Crippen molar-refractivity contribution in [1.82, 2.24) is 4.90 Å². The minimum Gasteiger partial charge on any atom is -0.504 e. The Morgan fingerprint density at radius 3 is 2.00 bits per heavy atom. The van der Waals surface area contributed by atoms with Gasteiger partial charge in [0.25, 0.3) is 0 Å². The van der Waals surface area contributed by atoms with Crippen molar-refractivity contribution >= 4 is 5.91 Å². The predicted molar refractivity (Wildman–Crippen MR) is 77.6 cm³/mol. The van der Waals surface area contributed by atoms with E-state index in [1.807, 2.05) is 0 Å². The van der Waals surface area contributed by atoms with Crippen LogP contribution in [0.4, 0.5) is 0 Å². The summed E-state index contributed by atoms with van der Waals surface area (Å²) >= 11 is 0. The van der Waals surface area contributed by atoms with Gasteiger partial charge in [0, 0.05) is 19.0 Å². The number of carbonyl (C=O) groups is 1. The minimum absolute atomic E-state index is 0.0764. The molecule has 1 amide bonds. The number of aromatic hydroxyl groups is 2. The van der Waals surface area contributed by atoms with Crippen LogP contribution in [0.25, 0.3) is 0 Å². The SMILES string of the molecule is O=C1CCCN1C1CCCCC1.Oc1ccccc1O. The maximum absolute atomic E-state index is 11.4. The van der Waals surface area contributed by atoms with E-state index in [0.717, 1.165) is 19.4 Å². The van der Waals surface area contributed by atoms with E-state index in [-0.39, 0.29) is 11.5 Å². The Morgan fingerprint density at radius 1 is 0.950 bits per heavy atom. The van der Waals surface area contributed by atoms with Crippen LogP contribution in [0.3, 0.4) is 0 Å². The molecule has 2 aliphatic rings. The molecule has 1 saturated heterocycles. The summed E-state index contributed by atoms with van der Waals surface area (Å²) in [7, 11) is 0. The highest BCUT2D eigenvalue weighted by molar-refractivity contribution is 5.78. The summed E-state index contributed by atoms with van der Waals surface area (Å²) in [6.45, 7) is 1.03. The number of hydrogen-bond acceptors (Lipinski definition) is 3. The van der Waals surface area contributed by atoms with Gasteiger partial charge in [0.2, 0.25) is 5.91 Å². The van der Waals surface area contributed by atoms with Gasteiger partial charge in [-0.15, -0.1) is 0 Å². The van der Waals surface area contributed by atoms with E-state index in [1.165, 1.54) is 44.2 Å². The molecule has 20 heavy (non-hydrogen) atoms. The molecule has 0 atom stereocenters. The Hall–Kier alpha value is -1.71. The van der Waals surface area contributed by atoms with Gasteiger partial charge in [-0.1, -0.05) is 31.4 Å². The second-order valence-electron chi connectivity index (χ2n) is 5.47. The van der Waals surface area contributed by atoms with Crippen LogP contribution in [0.15, 0.2) is 24.3 Å². The third kappa shape index (κ3) is 3.89. The molecule has 4 nitrogen and oxygen atoms in total. The molecule has 4 heteroatoms. The standard InChI is InChI=1S/C10H17NO.C6H6O2/c12-10-7-4-8-11(10)9-5-2-1-3-6-9;7-5-3-1-2-4-6(5)8/h9H,1-8H2;1-4,7-8H. The third-order valence-corrected chi connectivity index (χ3v) is 4.01. The molecule has 1 heterocycles. The third-order valence-electron chi connectivity index (χ3n) is 4.01. The van der Waals surface area contributed by atoms with Gasteiger partial charge in [-0.3, -0.25) is 4.79 Å². The Balaban J connectivity index is 0.000000160. The first-order valence-electron chi connectivity index (χ1n) is 7.45. The Kier molecular flexibility index (Phi) is 5.27. The van der Waals surface area contributed by atoms with Crippen molar-refractivity contribution in [2.75, 3.05) is 6.54 Å². The van der Waals surface area contributed by atoms with Crippen LogP contribution in [0.5, 0.6) is 11.5 Å². The van der Waals surface area contributed by atoms with Crippen LogP contribution < -0.4 is 0 Å².